The summed E-state index contributed by atoms with van der Waals surface area (Å²) >= 11 is 5.74. The average Bonchev–Trinajstić information content (AvgIpc) is 2.15. The molecule has 86 valence electrons. The number of hydrogen-bond acceptors (Lipinski definition) is 3. The molecule has 0 aliphatic heterocycles. The van der Waals surface area contributed by atoms with Crippen molar-refractivity contribution in [3.05, 3.63) is 22.7 Å². The van der Waals surface area contributed by atoms with E-state index in [2.05, 4.69) is 5.32 Å². The van der Waals surface area contributed by atoms with Crippen molar-refractivity contribution in [1.82, 2.24) is 0 Å². The van der Waals surface area contributed by atoms with Crippen LogP contribution in [0.15, 0.2) is 12.1 Å². The first kappa shape index (κ1) is 12.3. The summed E-state index contributed by atoms with van der Waals surface area (Å²) in [5.41, 5.74) is 0.138. The summed E-state index contributed by atoms with van der Waals surface area (Å²) in [6, 6.07) is 2.68. The Balaban J connectivity index is 3.35. The summed E-state index contributed by atoms with van der Waals surface area (Å²) in [6.45, 7) is 1.31. The third-order valence-corrected chi connectivity index (χ3v) is 2.02. The monoisotopic (exact) mass is 243 g/mol. The molecule has 6 heteroatoms. The lowest BCUT2D eigenvalue weighted by molar-refractivity contribution is -0.114. The second kappa shape index (κ2) is 4.85. The maximum atomic E-state index is 10.9. The van der Waals surface area contributed by atoms with E-state index < -0.39 is 5.97 Å². The van der Waals surface area contributed by atoms with Gasteiger partial charge in [0.05, 0.1) is 12.8 Å². The van der Waals surface area contributed by atoms with Crippen LogP contribution in [0.5, 0.6) is 5.75 Å². The molecule has 0 aliphatic carbocycles. The van der Waals surface area contributed by atoms with Crippen molar-refractivity contribution in [1.29, 1.82) is 0 Å². The van der Waals surface area contributed by atoms with Crippen LogP contribution in [-0.4, -0.2) is 24.1 Å². The van der Waals surface area contributed by atoms with E-state index in [4.69, 9.17) is 21.4 Å². The molecule has 5 nitrogen and oxygen atoms in total. The predicted octanol–water partition coefficient (Wildman–Crippen LogP) is 2.01. The highest BCUT2D eigenvalue weighted by Crippen LogP contribution is 2.32. The van der Waals surface area contributed by atoms with E-state index in [1.54, 1.807) is 0 Å². The molecule has 0 fully saturated rings. The van der Waals surface area contributed by atoms with Gasteiger partial charge in [-0.1, -0.05) is 11.6 Å². The minimum atomic E-state index is -1.18. The highest BCUT2D eigenvalue weighted by atomic mass is 35.5. The van der Waals surface area contributed by atoms with E-state index >= 15 is 0 Å². The van der Waals surface area contributed by atoms with Crippen molar-refractivity contribution in [3.63, 3.8) is 0 Å². The molecule has 0 radical (unpaired) electrons. The first-order valence-corrected chi connectivity index (χ1v) is 4.72. The van der Waals surface area contributed by atoms with Gasteiger partial charge in [0, 0.05) is 11.9 Å². The number of carboxylic acids is 1. The Morgan fingerprint density at radius 1 is 1.44 bits per heavy atom. The topological polar surface area (TPSA) is 75.6 Å². The lowest BCUT2D eigenvalue weighted by Crippen LogP contribution is -2.10. The summed E-state index contributed by atoms with van der Waals surface area (Å²) < 4.78 is 4.94. The average molecular weight is 244 g/mol. The number of amides is 1. The Hall–Kier alpha value is -1.75. The summed E-state index contributed by atoms with van der Waals surface area (Å²) in [6.07, 6.45) is 0. The molecule has 0 unspecified atom stereocenters. The largest absolute Gasteiger partial charge is 0.494 e. The van der Waals surface area contributed by atoms with Gasteiger partial charge in [-0.05, 0) is 12.1 Å². The molecule has 1 aromatic carbocycles. The van der Waals surface area contributed by atoms with Gasteiger partial charge >= 0.3 is 5.97 Å². The highest BCUT2D eigenvalue weighted by molar-refractivity contribution is 6.31. The molecule has 0 aliphatic rings. The number of carbonyl (C=O) groups excluding carboxylic acids is 1. The summed E-state index contributed by atoms with van der Waals surface area (Å²) in [5, 5.41) is 11.6. The molecule has 0 saturated carbocycles. The molecule has 16 heavy (non-hydrogen) atoms. The number of nitrogens with one attached hydrogen (secondary N) is 1. The van der Waals surface area contributed by atoms with Crippen molar-refractivity contribution in [2.24, 2.45) is 0 Å². The molecule has 0 atom stereocenters. The quantitative estimate of drug-likeness (QED) is 0.851. The van der Waals surface area contributed by atoms with Gasteiger partial charge in [0.1, 0.15) is 5.56 Å². The fraction of sp³-hybridized carbons (Fsp3) is 0.200. The maximum Gasteiger partial charge on any atom is 0.339 e. The zero-order valence-corrected chi connectivity index (χ0v) is 9.46. The Morgan fingerprint density at radius 3 is 2.50 bits per heavy atom. The van der Waals surface area contributed by atoms with Crippen LogP contribution in [0.3, 0.4) is 0 Å². The van der Waals surface area contributed by atoms with Crippen molar-refractivity contribution in [2.45, 2.75) is 6.92 Å². The summed E-state index contributed by atoms with van der Waals surface area (Å²) in [5.74, 6) is -1.44. The van der Waals surface area contributed by atoms with Crippen LogP contribution in [0.4, 0.5) is 5.69 Å². The number of rotatable bonds is 3. The van der Waals surface area contributed by atoms with Gasteiger partial charge in [-0.3, -0.25) is 4.79 Å². The first-order valence-electron chi connectivity index (χ1n) is 4.34. The molecule has 2 N–H and O–H groups in total. The van der Waals surface area contributed by atoms with E-state index in [0.717, 1.165) is 0 Å². The van der Waals surface area contributed by atoms with E-state index in [0.29, 0.717) is 0 Å². The Bertz CT molecular complexity index is 445. The normalized spacial score (nSPS) is 9.69. The van der Waals surface area contributed by atoms with Gasteiger partial charge in [-0.25, -0.2) is 4.79 Å². The Labute approximate surface area is 97.0 Å². The number of benzene rings is 1. The van der Waals surface area contributed by atoms with Crippen LogP contribution >= 0.6 is 11.6 Å². The van der Waals surface area contributed by atoms with Gasteiger partial charge in [-0.2, -0.15) is 0 Å². The minimum Gasteiger partial charge on any atom is -0.494 e. The van der Waals surface area contributed by atoms with E-state index in [-0.39, 0.29) is 27.9 Å². The molecule has 1 rings (SSSR count). The van der Waals surface area contributed by atoms with Crippen molar-refractivity contribution >= 4 is 29.2 Å². The second-order valence-electron chi connectivity index (χ2n) is 3.02. The number of carboxylic acid groups (broad SMARTS) is 1. The Morgan fingerprint density at radius 2 is 2.06 bits per heavy atom. The zero-order chi connectivity index (χ0) is 12.3. The van der Waals surface area contributed by atoms with Crippen LogP contribution in [0.25, 0.3) is 0 Å². The smallest absolute Gasteiger partial charge is 0.339 e. The number of ether oxygens (including phenoxy) is 1. The molecule has 0 bridgehead atoms. The number of methoxy groups -OCH3 is 1. The lowest BCUT2D eigenvalue weighted by atomic mass is 10.1. The van der Waals surface area contributed by atoms with Crippen molar-refractivity contribution in [3.8, 4) is 5.75 Å². The molecule has 0 spiro atoms. The molecular weight excluding hydrogens is 234 g/mol. The molecule has 1 aromatic rings. The van der Waals surface area contributed by atoms with Crippen LogP contribution in [0.2, 0.25) is 5.02 Å². The summed E-state index contributed by atoms with van der Waals surface area (Å²) in [7, 11) is 1.32. The van der Waals surface area contributed by atoms with Gasteiger partial charge in [-0.15, -0.1) is 0 Å². The van der Waals surface area contributed by atoms with Gasteiger partial charge in [0.2, 0.25) is 5.91 Å². The summed E-state index contributed by atoms with van der Waals surface area (Å²) in [4.78, 5) is 21.8. The lowest BCUT2D eigenvalue weighted by Gasteiger charge is -2.12. The number of hydrogen-bond donors (Lipinski definition) is 2. The fourth-order valence-electron chi connectivity index (χ4n) is 1.25. The first-order chi connectivity index (χ1) is 7.45. The SMILES string of the molecule is COc1c(NC(C)=O)cc(Cl)cc1C(=O)O. The van der Waals surface area contributed by atoms with Crippen LogP contribution < -0.4 is 10.1 Å². The predicted molar refractivity (Wildman–Crippen MR) is 59.3 cm³/mol. The van der Waals surface area contributed by atoms with E-state index in [1.165, 1.54) is 26.2 Å². The fourth-order valence-corrected chi connectivity index (χ4v) is 1.47. The minimum absolute atomic E-state index is 0.0760. The molecule has 0 heterocycles. The number of halogens is 1. The Kier molecular flexibility index (Phi) is 3.73. The third-order valence-electron chi connectivity index (χ3n) is 1.80. The standard InChI is InChI=1S/C10H10ClNO4/c1-5(13)12-8-4-6(11)3-7(10(14)15)9(8)16-2/h3-4H,1-2H3,(H,12,13)(H,14,15). The molecule has 1 amide bonds. The third kappa shape index (κ3) is 2.64. The molecular formula is C10H10ClNO4. The number of carbonyl (C=O) groups is 2. The zero-order valence-electron chi connectivity index (χ0n) is 8.70. The van der Waals surface area contributed by atoms with Gasteiger partial charge < -0.3 is 15.2 Å². The molecule has 0 aromatic heterocycles. The maximum absolute atomic E-state index is 10.9. The molecule has 0 saturated heterocycles. The van der Waals surface area contributed by atoms with E-state index in [9.17, 15) is 9.59 Å². The van der Waals surface area contributed by atoms with Crippen molar-refractivity contribution in [2.75, 3.05) is 12.4 Å². The van der Waals surface area contributed by atoms with Gasteiger partial charge in [0.25, 0.3) is 0 Å². The second-order valence-corrected chi connectivity index (χ2v) is 3.46. The highest BCUT2D eigenvalue weighted by Gasteiger charge is 2.17. The van der Waals surface area contributed by atoms with E-state index in [1.807, 2.05) is 0 Å². The van der Waals surface area contributed by atoms with Crippen LogP contribution in [-0.2, 0) is 4.79 Å². The van der Waals surface area contributed by atoms with Crippen molar-refractivity contribution < 1.29 is 19.4 Å². The van der Waals surface area contributed by atoms with Crippen LogP contribution in [0.1, 0.15) is 17.3 Å². The van der Waals surface area contributed by atoms with Crippen LogP contribution in [0, 0.1) is 0 Å². The number of anilines is 1. The van der Waals surface area contributed by atoms with Gasteiger partial charge in [0.15, 0.2) is 5.75 Å². The number of aromatic carboxylic acids is 1.